The van der Waals surface area contributed by atoms with Gasteiger partial charge in [0.2, 0.25) is 5.88 Å². The van der Waals surface area contributed by atoms with Crippen molar-refractivity contribution in [2.75, 3.05) is 4.90 Å². The maximum Gasteiger partial charge on any atom is 0.296 e. The predicted octanol–water partition coefficient (Wildman–Crippen LogP) is 5.00. The molecule has 2 aromatic carbocycles. The van der Waals surface area contributed by atoms with Gasteiger partial charge in [-0.3, -0.25) is 28.4 Å². The monoisotopic (exact) mass is 581 g/mol. The quantitative estimate of drug-likeness (QED) is 0.213. The van der Waals surface area contributed by atoms with Crippen LogP contribution in [0.2, 0.25) is 0 Å². The number of carbonyl (C=O) groups excluding carboxylic acids is 1. The summed E-state index contributed by atoms with van der Waals surface area (Å²) in [4.78, 5) is 47.1. The largest absolute Gasteiger partial charge is 0.438 e. The molecule has 0 bridgehead atoms. The van der Waals surface area contributed by atoms with E-state index in [2.05, 4.69) is 4.98 Å². The number of benzene rings is 2. The minimum absolute atomic E-state index is 0.0534. The average Bonchev–Trinajstić information content (AvgIpc) is 3.36. The van der Waals surface area contributed by atoms with Crippen molar-refractivity contribution in [1.29, 1.82) is 0 Å². The third-order valence-corrected chi connectivity index (χ3v) is 8.05. The number of pyridine rings is 1. The van der Waals surface area contributed by atoms with E-state index in [0.29, 0.717) is 22.8 Å². The van der Waals surface area contributed by atoms with Crippen LogP contribution in [-0.2, 0) is 11.8 Å². The standard InChI is InChI=1S/C30H23N5O4S2/c1-18-14-15-24-31-26(39-21-12-8-5-9-13-21)22(27(36)33(24)17-18)16-23-28(37)34(30(40)41-23)25-19(2)32(3)35(29(25)38)20-10-6-4-7-11-20/h4-17H,1-3H3. The Labute approximate surface area is 243 Å². The van der Waals surface area contributed by atoms with Gasteiger partial charge in [-0.2, -0.15) is 4.98 Å². The number of thioether (sulfide) groups is 1. The van der Waals surface area contributed by atoms with E-state index < -0.39 is 11.5 Å². The minimum atomic E-state index is -0.509. The van der Waals surface area contributed by atoms with Crippen molar-refractivity contribution >= 4 is 51.6 Å². The molecule has 0 N–H and O–H groups in total. The second-order valence-corrected chi connectivity index (χ2v) is 11.1. The first kappa shape index (κ1) is 26.5. The molecular weight excluding hydrogens is 558 g/mol. The topological polar surface area (TPSA) is 90.8 Å². The fourth-order valence-electron chi connectivity index (χ4n) is 4.64. The molecule has 4 heterocycles. The van der Waals surface area contributed by atoms with Crippen molar-refractivity contribution < 1.29 is 9.53 Å². The first-order valence-corrected chi connectivity index (χ1v) is 13.8. The normalized spacial score (nSPS) is 14.4. The van der Waals surface area contributed by atoms with E-state index in [1.807, 2.05) is 61.5 Å². The number of para-hydroxylation sites is 2. The number of amides is 1. The zero-order valence-electron chi connectivity index (χ0n) is 22.3. The number of rotatable bonds is 5. The van der Waals surface area contributed by atoms with Gasteiger partial charge in [0.25, 0.3) is 17.0 Å². The van der Waals surface area contributed by atoms with Gasteiger partial charge >= 0.3 is 0 Å². The summed E-state index contributed by atoms with van der Waals surface area (Å²) in [5.41, 5.74) is 1.94. The van der Waals surface area contributed by atoms with Crippen LogP contribution in [0.3, 0.4) is 0 Å². The molecule has 0 saturated carbocycles. The van der Waals surface area contributed by atoms with Crippen LogP contribution >= 0.6 is 24.0 Å². The summed E-state index contributed by atoms with van der Waals surface area (Å²) in [5, 5.41) is 0. The molecule has 11 heteroatoms. The first-order chi connectivity index (χ1) is 19.7. The number of aromatic nitrogens is 4. The fourth-order valence-corrected chi connectivity index (χ4v) is 5.90. The van der Waals surface area contributed by atoms with Crippen molar-refractivity contribution in [3.63, 3.8) is 0 Å². The van der Waals surface area contributed by atoms with Gasteiger partial charge in [-0.05, 0) is 55.8 Å². The lowest BCUT2D eigenvalue weighted by molar-refractivity contribution is -0.113. The molecule has 41 heavy (non-hydrogen) atoms. The number of hydrogen-bond donors (Lipinski definition) is 0. The number of carbonyl (C=O) groups is 1. The molecule has 3 aromatic heterocycles. The number of aryl methyl sites for hydroxylation is 1. The van der Waals surface area contributed by atoms with Crippen molar-refractivity contribution in [1.82, 2.24) is 18.7 Å². The molecule has 0 spiro atoms. The van der Waals surface area contributed by atoms with Crippen LogP contribution in [0.4, 0.5) is 5.69 Å². The molecule has 6 rings (SSSR count). The molecule has 0 radical (unpaired) electrons. The molecule has 204 valence electrons. The molecule has 0 atom stereocenters. The first-order valence-electron chi connectivity index (χ1n) is 12.6. The summed E-state index contributed by atoms with van der Waals surface area (Å²) < 4.78 is 10.8. The molecule has 1 aliphatic heterocycles. The highest BCUT2D eigenvalue weighted by molar-refractivity contribution is 8.27. The van der Waals surface area contributed by atoms with E-state index in [1.165, 1.54) is 20.1 Å². The van der Waals surface area contributed by atoms with Crippen molar-refractivity contribution in [2.45, 2.75) is 13.8 Å². The number of hydrogen-bond acceptors (Lipinski definition) is 7. The average molecular weight is 582 g/mol. The van der Waals surface area contributed by atoms with E-state index in [4.69, 9.17) is 17.0 Å². The summed E-state index contributed by atoms with van der Waals surface area (Å²) in [7, 11) is 1.75. The highest BCUT2D eigenvalue weighted by Crippen LogP contribution is 2.37. The fraction of sp³-hybridized carbons (Fsp3) is 0.100. The Balaban J connectivity index is 1.47. The second-order valence-electron chi connectivity index (χ2n) is 9.41. The molecule has 1 aliphatic rings. The Bertz CT molecular complexity index is 2010. The van der Waals surface area contributed by atoms with Gasteiger partial charge in [0.15, 0.2) is 4.32 Å². The molecule has 0 unspecified atom stereocenters. The van der Waals surface area contributed by atoms with E-state index in [-0.39, 0.29) is 31.9 Å². The van der Waals surface area contributed by atoms with Crippen LogP contribution < -0.4 is 20.8 Å². The zero-order valence-corrected chi connectivity index (χ0v) is 23.9. The molecule has 1 fully saturated rings. The van der Waals surface area contributed by atoms with E-state index >= 15 is 0 Å². The summed E-state index contributed by atoms with van der Waals surface area (Å²) in [5.74, 6) is 0.0301. The van der Waals surface area contributed by atoms with Gasteiger partial charge in [-0.1, -0.05) is 66.4 Å². The molecule has 9 nitrogen and oxygen atoms in total. The van der Waals surface area contributed by atoms with Crippen LogP contribution in [0.25, 0.3) is 17.4 Å². The maximum absolute atomic E-state index is 13.8. The Kier molecular flexibility index (Phi) is 6.68. The highest BCUT2D eigenvalue weighted by atomic mass is 32.2. The summed E-state index contributed by atoms with van der Waals surface area (Å²) in [6.45, 7) is 3.63. The number of ether oxygens (including phenoxy) is 1. The van der Waals surface area contributed by atoms with E-state index in [1.54, 1.807) is 43.0 Å². The summed E-state index contributed by atoms with van der Waals surface area (Å²) in [6, 6.07) is 21.7. The smallest absolute Gasteiger partial charge is 0.296 e. The Hall–Kier alpha value is -4.74. The Morgan fingerprint density at radius 1 is 0.902 bits per heavy atom. The maximum atomic E-state index is 13.8. The zero-order chi connectivity index (χ0) is 28.8. The lowest BCUT2D eigenvalue weighted by Crippen LogP contribution is -2.33. The third kappa shape index (κ3) is 4.58. The molecule has 1 saturated heterocycles. The van der Waals surface area contributed by atoms with Gasteiger partial charge < -0.3 is 4.74 Å². The Morgan fingerprint density at radius 3 is 2.29 bits per heavy atom. The number of anilines is 1. The van der Waals surface area contributed by atoms with Gasteiger partial charge in [0.1, 0.15) is 22.6 Å². The SMILES string of the molecule is Cc1ccc2nc(Oc3ccccc3)c(C=C3SC(=S)N(c4c(C)n(C)n(-c5ccccc5)c4=O)C3=O)c(=O)n2c1. The molecule has 1 amide bonds. The van der Waals surface area contributed by atoms with Crippen molar-refractivity contribution in [2.24, 2.45) is 7.05 Å². The van der Waals surface area contributed by atoms with Crippen LogP contribution in [0.5, 0.6) is 11.6 Å². The molecular formula is C30H23N5O4S2. The van der Waals surface area contributed by atoms with Gasteiger partial charge in [0.05, 0.1) is 16.3 Å². The second kappa shape index (κ2) is 10.3. The van der Waals surface area contributed by atoms with Crippen LogP contribution in [0.1, 0.15) is 16.8 Å². The van der Waals surface area contributed by atoms with E-state index in [0.717, 1.165) is 17.3 Å². The highest BCUT2D eigenvalue weighted by Gasteiger charge is 2.38. The minimum Gasteiger partial charge on any atom is -0.438 e. The van der Waals surface area contributed by atoms with Gasteiger partial charge in [-0.25, -0.2) is 4.68 Å². The lowest BCUT2D eigenvalue weighted by Gasteiger charge is -2.12. The predicted molar refractivity (Wildman–Crippen MR) is 164 cm³/mol. The summed E-state index contributed by atoms with van der Waals surface area (Å²) in [6.07, 6.45) is 3.12. The van der Waals surface area contributed by atoms with E-state index in [9.17, 15) is 14.4 Å². The van der Waals surface area contributed by atoms with Gasteiger partial charge in [-0.15, -0.1) is 0 Å². The van der Waals surface area contributed by atoms with Crippen molar-refractivity contribution in [3.8, 4) is 17.3 Å². The lowest BCUT2D eigenvalue weighted by atomic mass is 10.2. The van der Waals surface area contributed by atoms with Crippen LogP contribution in [0.15, 0.2) is 93.5 Å². The third-order valence-electron chi connectivity index (χ3n) is 6.74. The van der Waals surface area contributed by atoms with Crippen LogP contribution in [0, 0.1) is 13.8 Å². The number of fused-ring (bicyclic) bond motifs is 1. The van der Waals surface area contributed by atoms with Gasteiger partial charge in [0, 0.05) is 13.2 Å². The summed E-state index contributed by atoms with van der Waals surface area (Å²) >= 11 is 6.60. The van der Waals surface area contributed by atoms with Crippen molar-refractivity contribution in [3.05, 3.63) is 121 Å². The Morgan fingerprint density at radius 2 is 1.59 bits per heavy atom. The number of nitrogens with zero attached hydrogens (tertiary/aromatic N) is 5. The molecule has 5 aromatic rings. The van der Waals surface area contributed by atoms with Crippen LogP contribution in [-0.4, -0.2) is 29.0 Å². The molecule has 0 aliphatic carbocycles. The number of thiocarbonyl (C=S) groups is 1.